The van der Waals surface area contributed by atoms with Crippen LogP contribution in [0.1, 0.15) is 12.5 Å². The van der Waals surface area contributed by atoms with Crippen LogP contribution in [0.25, 0.3) is 0 Å². The van der Waals surface area contributed by atoms with Gasteiger partial charge in [-0.2, -0.15) is 5.09 Å². The molecule has 0 aromatic heterocycles. The molecular weight excluding hydrogens is 389 g/mol. The summed E-state index contributed by atoms with van der Waals surface area (Å²) in [6.07, 6.45) is 0. The average Bonchev–Trinajstić information content (AvgIpc) is 2.64. The molecule has 1 fully saturated rings. The molecule has 144 valence electrons. The maximum absolute atomic E-state index is 12.6. The second-order valence-electron chi connectivity index (χ2n) is 6.66. The molecule has 1 aromatic rings. The van der Waals surface area contributed by atoms with E-state index < -0.39 is 19.0 Å². The van der Waals surface area contributed by atoms with E-state index >= 15 is 0 Å². The smallest absolute Gasteiger partial charge is 0.355 e. The van der Waals surface area contributed by atoms with Crippen molar-refractivity contribution in [3.63, 3.8) is 0 Å². The summed E-state index contributed by atoms with van der Waals surface area (Å²) in [5.74, 6) is 0.0332. The standard InChI is InChI=1S/C17H20N3O5PS/c1-10-9-27-16-13(18-26(2)3)15(21)19(16)14(10)17(22)25-8-11-4-6-12(7-5-11)20(23)24/h4-7,13,16,18H,8-9H2,1-3H3/p+1/t13-,16+/m1/s1. The number of amides is 1. The second kappa shape index (κ2) is 7.96. The van der Waals surface area contributed by atoms with E-state index in [1.54, 1.807) is 23.9 Å². The Kier molecular flexibility index (Phi) is 5.83. The third-order valence-electron chi connectivity index (χ3n) is 4.31. The van der Waals surface area contributed by atoms with Crippen LogP contribution in [0.2, 0.25) is 0 Å². The summed E-state index contributed by atoms with van der Waals surface area (Å²) in [6.45, 7) is 5.98. The van der Waals surface area contributed by atoms with Gasteiger partial charge in [0.05, 0.1) is 26.3 Å². The summed E-state index contributed by atoms with van der Waals surface area (Å²) in [7, 11) is -0.774. The number of hydrogen-bond acceptors (Lipinski definition) is 7. The number of hydrogen-bond donors (Lipinski definition) is 1. The van der Waals surface area contributed by atoms with E-state index in [2.05, 4.69) is 18.4 Å². The van der Waals surface area contributed by atoms with Crippen LogP contribution in [-0.2, 0) is 20.9 Å². The van der Waals surface area contributed by atoms with Crippen molar-refractivity contribution in [1.29, 1.82) is 0 Å². The lowest BCUT2D eigenvalue weighted by Crippen LogP contribution is -2.68. The Hall–Kier alpha value is -1.96. The number of nitro groups is 1. The monoisotopic (exact) mass is 410 g/mol. The minimum atomic E-state index is -0.774. The molecule has 8 nitrogen and oxygen atoms in total. The maximum Gasteiger partial charge on any atom is 0.355 e. The molecule has 27 heavy (non-hydrogen) atoms. The molecule has 2 aliphatic heterocycles. The molecule has 2 heterocycles. The highest BCUT2D eigenvalue weighted by Gasteiger charge is 2.54. The number of ether oxygens (including phenoxy) is 1. The van der Waals surface area contributed by atoms with Gasteiger partial charge in [0.25, 0.3) is 11.6 Å². The number of β-lactam (4-membered cyclic amide) rings is 1. The van der Waals surface area contributed by atoms with Crippen molar-refractivity contribution in [2.24, 2.45) is 0 Å². The van der Waals surface area contributed by atoms with Gasteiger partial charge in [-0.15, -0.1) is 11.8 Å². The molecule has 10 heteroatoms. The second-order valence-corrected chi connectivity index (χ2v) is 10.1. The van der Waals surface area contributed by atoms with Crippen LogP contribution in [0.15, 0.2) is 35.5 Å². The molecule has 1 aromatic carbocycles. The Morgan fingerprint density at radius 3 is 2.67 bits per heavy atom. The van der Waals surface area contributed by atoms with E-state index in [1.807, 2.05) is 6.92 Å². The van der Waals surface area contributed by atoms with Gasteiger partial charge in [0.2, 0.25) is 0 Å². The molecule has 0 radical (unpaired) electrons. The fourth-order valence-corrected chi connectivity index (χ4v) is 5.32. The highest BCUT2D eigenvalue weighted by molar-refractivity contribution is 8.00. The van der Waals surface area contributed by atoms with Crippen molar-refractivity contribution < 1.29 is 19.2 Å². The van der Waals surface area contributed by atoms with E-state index in [0.717, 1.165) is 5.57 Å². The van der Waals surface area contributed by atoms with Crippen LogP contribution in [-0.4, -0.2) is 52.2 Å². The zero-order valence-corrected chi connectivity index (χ0v) is 17.0. The van der Waals surface area contributed by atoms with Gasteiger partial charge in [0.15, 0.2) is 6.04 Å². The molecule has 3 rings (SSSR count). The fraction of sp³-hybridized carbons (Fsp3) is 0.412. The Morgan fingerprint density at radius 2 is 2.07 bits per heavy atom. The number of rotatable bonds is 6. The highest BCUT2D eigenvalue weighted by atomic mass is 32.2. The molecule has 2 atom stereocenters. The molecule has 0 bridgehead atoms. The topological polar surface area (TPSA) is 102 Å². The number of thioether (sulfide) groups is 1. The molecule has 1 N–H and O–H groups in total. The van der Waals surface area contributed by atoms with Crippen molar-refractivity contribution >= 4 is 37.4 Å². The first-order valence-corrected chi connectivity index (χ1v) is 12.0. The third-order valence-corrected chi connectivity index (χ3v) is 6.63. The predicted molar refractivity (Wildman–Crippen MR) is 106 cm³/mol. The van der Waals surface area contributed by atoms with Crippen molar-refractivity contribution in [3.8, 4) is 0 Å². The molecule has 0 saturated carbocycles. The van der Waals surface area contributed by atoms with Gasteiger partial charge in [0, 0.05) is 17.9 Å². The van der Waals surface area contributed by atoms with Gasteiger partial charge in [-0.05, 0) is 30.2 Å². The lowest BCUT2D eigenvalue weighted by atomic mass is 10.0. The number of non-ortho nitro benzene ring substituents is 1. The van der Waals surface area contributed by atoms with Crippen LogP contribution < -0.4 is 5.09 Å². The van der Waals surface area contributed by atoms with Crippen molar-refractivity contribution in [2.45, 2.75) is 24.9 Å². The lowest BCUT2D eigenvalue weighted by molar-refractivity contribution is -0.384. The molecular formula is C17H21N3O5PS+. The highest BCUT2D eigenvalue weighted by Crippen LogP contribution is 2.42. The Bertz CT molecular complexity index is 811. The molecule has 1 amide bonds. The number of fused-ring (bicyclic) bond motifs is 1. The number of benzene rings is 1. The molecule has 1 saturated heterocycles. The number of carbonyl (C=O) groups excluding carboxylic acids is 2. The first-order valence-electron chi connectivity index (χ1n) is 8.41. The van der Waals surface area contributed by atoms with Crippen LogP contribution in [0, 0.1) is 10.1 Å². The largest absolute Gasteiger partial charge is 0.456 e. The van der Waals surface area contributed by atoms with Crippen LogP contribution in [0.4, 0.5) is 5.69 Å². The normalized spacial score (nSPS) is 21.8. The molecule has 0 spiro atoms. The Labute approximate surface area is 162 Å². The molecule has 0 aliphatic carbocycles. The summed E-state index contributed by atoms with van der Waals surface area (Å²) >= 11 is 1.64. The number of nitro benzene ring substituents is 1. The van der Waals surface area contributed by atoms with E-state index in [9.17, 15) is 19.7 Å². The van der Waals surface area contributed by atoms with E-state index in [4.69, 9.17) is 4.74 Å². The SMILES string of the molecule is CC1=C(C(=O)OCc2ccc([N+](=O)[O-])cc2)N2C(=O)[C@@H](N[PH+](C)C)[C@@H]2SC1. The number of carbonyl (C=O) groups is 2. The summed E-state index contributed by atoms with van der Waals surface area (Å²) in [4.78, 5) is 36.9. The summed E-state index contributed by atoms with van der Waals surface area (Å²) in [5.41, 5.74) is 1.76. The first-order chi connectivity index (χ1) is 12.8. The number of esters is 1. The summed E-state index contributed by atoms with van der Waals surface area (Å²) in [5, 5.41) is 13.9. The lowest BCUT2D eigenvalue weighted by Gasteiger charge is -2.49. The van der Waals surface area contributed by atoms with Crippen molar-refractivity contribution in [3.05, 3.63) is 51.2 Å². The zero-order valence-electron chi connectivity index (χ0n) is 15.2. The average molecular weight is 410 g/mol. The van der Waals surface area contributed by atoms with Crippen molar-refractivity contribution in [1.82, 2.24) is 9.99 Å². The minimum Gasteiger partial charge on any atom is -0.456 e. The van der Waals surface area contributed by atoms with Gasteiger partial charge < -0.3 is 4.74 Å². The Balaban J connectivity index is 1.67. The van der Waals surface area contributed by atoms with Crippen LogP contribution in [0.3, 0.4) is 0 Å². The number of nitrogens with zero attached hydrogens (tertiary/aromatic N) is 2. The fourth-order valence-electron chi connectivity index (χ4n) is 3.00. The quantitative estimate of drug-likeness (QED) is 0.252. The minimum absolute atomic E-state index is 0.00775. The van der Waals surface area contributed by atoms with Crippen LogP contribution >= 0.6 is 19.8 Å². The molecule has 2 aliphatic rings. The number of nitrogens with one attached hydrogen (secondary N) is 1. The van der Waals surface area contributed by atoms with Gasteiger partial charge >= 0.3 is 5.97 Å². The van der Waals surface area contributed by atoms with Gasteiger partial charge in [-0.1, -0.05) is 0 Å². The first kappa shape index (κ1) is 19.8. The zero-order chi connectivity index (χ0) is 19.7. The van der Waals surface area contributed by atoms with Gasteiger partial charge in [0.1, 0.15) is 17.7 Å². The summed E-state index contributed by atoms with van der Waals surface area (Å²) in [6, 6.07) is 5.58. The van der Waals surface area contributed by atoms with Crippen molar-refractivity contribution in [2.75, 3.05) is 19.1 Å². The van der Waals surface area contributed by atoms with E-state index in [-0.39, 0.29) is 29.6 Å². The Morgan fingerprint density at radius 1 is 1.41 bits per heavy atom. The van der Waals surface area contributed by atoms with E-state index in [1.165, 1.54) is 17.0 Å². The van der Waals surface area contributed by atoms with Gasteiger partial charge in [-0.3, -0.25) is 19.8 Å². The third kappa shape index (κ3) is 4.00. The van der Waals surface area contributed by atoms with Gasteiger partial charge in [-0.25, -0.2) is 4.79 Å². The molecule has 0 unspecified atom stereocenters. The predicted octanol–water partition coefficient (Wildman–Crippen LogP) is 2.17. The van der Waals surface area contributed by atoms with Crippen LogP contribution in [0.5, 0.6) is 0 Å². The maximum atomic E-state index is 12.6. The summed E-state index contributed by atoms with van der Waals surface area (Å²) < 4.78 is 5.37. The van der Waals surface area contributed by atoms with E-state index in [0.29, 0.717) is 17.0 Å².